The van der Waals surface area contributed by atoms with E-state index in [0.717, 1.165) is 11.1 Å². The van der Waals surface area contributed by atoms with Gasteiger partial charge in [-0.15, -0.1) is 5.10 Å². The molecule has 0 unspecified atom stereocenters. The normalized spacial score (nSPS) is 10.8. The standard InChI is InChI=1S/C13H11N5OS/c14-12(20)10-3-1-2-9(6-10)8-18-13(19)17-5-4-15-7-11(17)16-18/h1-7H,8H2,(H2,14,20). The summed E-state index contributed by atoms with van der Waals surface area (Å²) in [5.41, 5.74) is 7.60. The molecule has 3 aromatic rings. The molecule has 0 fully saturated rings. The molecule has 0 radical (unpaired) electrons. The first-order valence-electron chi connectivity index (χ1n) is 5.93. The number of nitrogens with two attached hydrogens (primary N) is 1. The molecular weight excluding hydrogens is 274 g/mol. The SMILES string of the molecule is NC(=S)c1cccc(Cn2nc3cnccn3c2=O)c1. The van der Waals surface area contributed by atoms with Crippen LogP contribution in [-0.4, -0.2) is 24.2 Å². The van der Waals surface area contributed by atoms with Gasteiger partial charge in [-0.05, 0) is 11.6 Å². The average Bonchev–Trinajstić information content (AvgIpc) is 2.76. The van der Waals surface area contributed by atoms with Gasteiger partial charge in [-0.3, -0.25) is 4.98 Å². The molecule has 1 aromatic carbocycles. The van der Waals surface area contributed by atoms with Crippen LogP contribution in [0.4, 0.5) is 0 Å². The lowest BCUT2D eigenvalue weighted by Gasteiger charge is -2.03. The molecule has 2 N–H and O–H groups in total. The van der Waals surface area contributed by atoms with E-state index in [4.69, 9.17) is 18.0 Å². The summed E-state index contributed by atoms with van der Waals surface area (Å²) in [7, 11) is 0. The predicted molar refractivity (Wildman–Crippen MR) is 78.7 cm³/mol. The highest BCUT2D eigenvalue weighted by Crippen LogP contribution is 2.06. The van der Waals surface area contributed by atoms with E-state index in [9.17, 15) is 4.79 Å². The fraction of sp³-hybridized carbons (Fsp3) is 0.0769. The van der Waals surface area contributed by atoms with Gasteiger partial charge in [0.25, 0.3) is 0 Å². The molecule has 6 nitrogen and oxygen atoms in total. The first-order chi connectivity index (χ1) is 9.65. The summed E-state index contributed by atoms with van der Waals surface area (Å²) in [5, 5.41) is 4.22. The van der Waals surface area contributed by atoms with Crippen molar-refractivity contribution in [3.63, 3.8) is 0 Å². The van der Waals surface area contributed by atoms with Gasteiger partial charge in [0.1, 0.15) is 4.99 Å². The Morgan fingerprint density at radius 3 is 3.00 bits per heavy atom. The lowest BCUT2D eigenvalue weighted by molar-refractivity contribution is 0.658. The number of rotatable bonds is 3. The van der Waals surface area contributed by atoms with E-state index in [1.165, 1.54) is 9.08 Å². The van der Waals surface area contributed by atoms with E-state index < -0.39 is 0 Å². The molecule has 0 bridgehead atoms. The summed E-state index contributed by atoms with van der Waals surface area (Å²) < 4.78 is 2.83. The zero-order valence-corrected chi connectivity index (χ0v) is 11.2. The number of nitrogens with zero attached hydrogens (tertiary/aromatic N) is 4. The maximum Gasteiger partial charge on any atom is 0.350 e. The van der Waals surface area contributed by atoms with Crippen molar-refractivity contribution in [2.24, 2.45) is 5.73 Å². The van der Waals surface area contributed by atoms with Crippen LogP contribution >= 0.6 is 12.2 Å². The first-order valence-corrected chi connectivity index (χ1v) is 6.34. The fourth-order valence-electron chi connectivity index (χ4n) is 1.98. The van der Waals surface area contributed by atoms with Gasteiger partial charge in [0.2, 0.25) is 0 Å². The van der Waals surface area contributed by atoms with Crippen LogP contribution in [0.15, 0.2) is 47.7 Å². The maximum absolute atomic E-state index is 12.1. The molecule has 0 aliphatic carbocycles. The number of benzene rings is 1. The molecule has 20 heavy (non-hydrogen) atoms. The second kappa shape index (κ2) is 4.86. The summed E-state index contributed by atoms with van der Waals surface area (Å²) in [6.45, 7) is 0.358. The Balaban J connectivity index is 2.01. The number of thiocarbonyl (C=S) groups is 1. The van der Waals surface area contributed by atoms with Crippen LogP contribution in [0.2, 0.25) is 0 Å². The Hall–Kier alpha value is -2.54. The van der Waals surface area contributed by atoms with Crippen LogP contribution in [-0.2, 0) is 6.54 Å². The van der Waals surface area contributed by atoms with Gasteiger partial charge in [0.05, 0.1) is 12.7 Å². The molecule has 0 aliphatic heterocycles. The minimum Gasteiger partial charge on any atom is -0.389 e. The molecule has 0 saturated heterocycles. The molecule has 2 heterocycles. The smallest absolute Gasteiger partial charge is 0.350 e. The lowest BCUT2D eigenvalue weighted by atomic mass is 10.1. The van der Waals surface area contributed by atoms with Crippen LogP contribution in [0, 0.1) is 0 Å². The molecule has 3 rings (SSSR count). The largest absolute Gasteiger partial charge is 0.389 e. The lowest BCUT2D eigenvalue weighted by Crippen LogP contribution is -2.21. The quantitative estimate of drug-likeness (QED) is 0.712. The molecule has 2 aromatic heterocycles. The number of hydrogen-bond acceptors (Lipinski definition) is 4. The van der Waals surface area contributed by atoms with Crippen LogP contribution in [0.5, 0.6) is 0 Å². The first kappa shape index (κ1) is 12.5. The monoisotopic (exact) mass is 285 g/mol. The second-order valence-electron chi connectivity index (χ2n) is 4.31. The van der Waals surface area contributed by atoms with Crippen LogP contribution < -0.4 is 11.4 Å². The van der Waals surface area contributed by atoms with E-state index in [1.807, 2.05) is 24.3 Å². The number of fused-ring (bicyclic) bond motifs is 1. The number of hydrogen-bond donors (Lipinski definition) is 1. The van der Waals surface area contributed by atoms with Crippen molar-refractivity contribution < 1.29 is 0 Å². The van der Waals surface area contributed by atoms with Gasteiger partial charge in [0, 0.05) is 18.0 Å². The topological polar surface area (TPSA) is 78.2 Å². The molecule has 0 spiro atoms. The zero-order chi connectivity index (χ0) is 14.1. The Morgan fingerprint density at radius 2 is 2.25 bits per heavy atom. The third-order valence-corrected chi connectivity index (χ3v) is 3.17. The Morgan fingerprint density at radius 1 is 1.40 bits per heavy atom. The number of aromatic nitrogens is 4. The molecule has 0 aliphatic rings. The van der Waals surface area contributed by atoms with Gasteiger partial charge in [0.15, 0.2) is 5.65 Å². The van der Waals surface area contributed by atoms with Crippen molar-refractivity contribution in [3.8, 4) is 0 Å². The third-order valence-electron chi connectivity index (χ3n) is 2.93. The predicted octanol–water partition coefficient (Wildman–Crippen LogP) is 0.574. The van der Waals surface area contributed by atoms with Gasteiger partial charge in [-0.2, -0.15) is 0 Å². The van der Waals surface area contributed by atoms with Crippen molar-refractivity contribution in [3.05, 3.63) is 64.5 Å². The average molecular weight is 285 g/mol. The van der Waals surface area contributed by atoms with Crippen molar-refractivity contribution in [1.29, 1.82) is 0 Å². The molecule has 7 heteroatoms. The van der Waals surface area contributed by atoms with Crippen LogP contribution in [0.25, 0.3) is 5.65 Å². The van der Waals surface area contributed by atoms with Gasteiger partial charge in [-0.1, -0.05) is 30.4 Å². The van der Waals surface area contributed by atoms with E-state index in [-0.39, 0.29) is 5.69 Å². The summed E-state index contributed by atoms with van der Waals surface area (Å²) in [4.78, 5) is 16.4. The summed E-state index contributed by atoms with van der Waals surface area (Å²) >= 11 is 4.95. The van der Waals surface area contributed by atoms with Crippen molar-refractivity contribution in [2.75, 3.05) is 0 Å². The summed E-state index contributed by atoms with van der Waals surface area (Å²) in [6.07, 6.45) is 4.68. The maximum atomic E-state index is 12.1. The highest BCUT2D eigenvalue weighted by molar-refractivity contribution is 7.80. The minimum absolute atomic E-state index is 0.205. The summed E-state index contributed by atoms with van der Waals surface area (Å²) in [5.74, 6) is 0. The molecule has 100 valence electrons. The molecule has 0 atom stereocenters. The van der Waals surface area contributed by atoms with Gasteiger partial charge < -0.3 is 5.73 Å². The molecular formula is C13H11N5OS. The van der Waals surface area contributed by atoms with E-state index in [2.05, 4.69) is 10.1 Å². The van der Waals surface area contributed by atoms with E-state index >= 15 is 0 Å². The van der Waals surface area contributed by atoms with Crippen LogP contribution in [0.3, 0.4) is 0 Å². The highest BCUT2D eigenvalue weighted by atomic mass is 32.1. The molecule has 0 saturated carbocycles. The van der Waals surface area contributed by atoms with Crippen molar-refractivity contribution in [1.82, 2.24) is 19.2 Å². The third kappa shape index (κ3) is 2.19. The second-order valence-corrected chi connectivity index (χ2v) is 4.75. The van der Waals surface area contributed by atoms with Gasteiger partial charge in [-0.25, -0.2) is 13.9 Å². The van der Waals surface area contributed by atoms with Crippen LogP contribution in [0.1, 0.15) is 11.1 Å². The Bertz CT molecular complexity index is 851. The van der Waals surface area contributed by atoms with Crippen molar-refractivity contribution in [2.45, 2.75) is 6.54 Å². The van der Waals surface area contributed by atoms with Gasteiger partial charge >= 0.3 is 5.69 Å². The Kier molecular flexibility index (Phi) is 3.03. The van der Waals surface area contributed by atoms with Crippen molar-refractivity contribution >= 4 is 22.9 Å². The fourth-order valence-corrected chi connectivity index (χ4v) is 2.11. The highest BCUT2D eigenvalue weighted by Gasteiger charge is 2.07. The van der Waals surface area contributed by atoms with E-state index in [0.29, 0.717) is 17.2 Å². The van der Waals surface area contributed by atoms with E-state index in [1.54, 1.807) is 18.6 Å². The Labute approximate surface area is 119 Å². The summed E-state index contributed by atoms with van der Waals surface area (Å²) in [6, 6.07) is 7.45. The minimum atomic E-state index is -0.205. The zero-order valence-electron chi connectivity index (χ0n) is 10.4. The molecule has 0 amide bonds.